The minimum absolute atomic E-state index is 0.798. The van der Waals surface area contributed by atoms with Gasteiger partial charge in [-0.25, -0.2) is 0 Å². The van der Waals surface area contributed by atoms with Crippen molar-refractivity contribution in [3.8, 4) is 0 Å². The van der Waals surface area contributed by atoms with Crippen LogP contribution in [-0.2, 0) is 0 Å². The lowest BCUT2D eigenvalue weighted by Crippen LogP contribution is -2.56. The van der Waals surface area contributed by atoms with Crippen molar-refractivity contribution in [3.63, 3.8) is 0 Å². The highest BCUT2D eigenvalue weighted by Crippen LogP contribution is 2.34. The lowest BCUT2D eigenvalue weighted by atomic mass is 9.81. The van der Waals surface area contributed by atoms with Gasteiger partial charge >= 0.3 is 0 Å². The number of hydrogen-bond donors (Lipinski definition) is 1. The van der Waals surface area contributed by atoms with E-state index >= 15 is 0 Å². The first-order valence-electron chi connectivity index (χ1n) is 7.33. The van der Waals surface area contributed by atoms with Crippen LogP contribution in [-0.4, -0.2) is 48.1 Å². The molecule has 100 valence electrons. The van der Waals surface area contributed by atoms with E-state index in [2.05, 4.69) is 23.4 Å². The van der Waals surface area contributed by atoms with Crippen LogP contribution >= 0.6 is 11.8 Å². The van der Waals surface area contributed by atoms with Gasteiger partial charge in [0.25, 0.3) is 0 Å². The van der Waals surface area contributed by atoms with Crippen molar-refractivity contribution >= 4 is 11.8 Å². The number of nitrogens with zero attached hydrogens (tertiary/aromatic N) is 1. The molecule has 0 aromatic heterocycles. The molecule has 0 aromatic rings. The number of nitrogens with one attached hydrogen (secondary N) is 1. The van der Waals surface area contributed by atoms with Crippen LogP contribution in [0.5, 0.6) is 0 Å². The monoisotopic (exact) mass is 256 g/mol. The van der Waals surface area contributed by atoms with Gasteiger partial charge in [0.1, 0.15) is 0 Å². The van der Waals surface area contributed by atoms with E-state index in [0.29, 0.717) is 0 Å². The van der Waals surface area contributed by atoms with Gasteiger partial charge in [-0.1, -0.05) is 13.3 Å². The Labute approximate surface area is 111 Å². The first kappa shape index (κ1) is 13.7. The van der Waals surface area contributed by atoms with Gasteiger partial charge in [-0.05, 0) is 57.2 Å². The summed E-state index contributed by atoms with van der Waals surface area (Å²) >= 11 is 1.99. The van der Waals surface area contributed by atoms with Crippen molar-refractivity contribution in [1.82, 2.24) is 10.2 Å². The van der Waals surface area contributed by atoms with E-state index in [9.17, 15) is 0 Å². The molecule has 2 nitrogen and oxygen atoms in total. The maximum absolute atomic E-state index is 3.67. The van der Waals surface area contributed by atoms with Crippen molar-refractivity contribution in [3.05, 3.63) is 0 Å². The summed E-state index contributed by atoms with van der Waals surface area (Å²) in [5.41, 5.74) is 0. The molecular weight excluding hydrogens is 228 g/mol. The maximum Gasteiger partial charge on any atom is 0.0113 e. The highest BCUT2D eigenvalue weighted by Gasteiger charge is 2.37. The Morgan fingerprint density at radius 1 is 1.24 bits per heavy atom. The summed E-state index contributed by atoms with van der Waals surface area (Å²) in [6.45, 7) is 4.71. The maximum atomic E-state index is 3.67. The van der Waals surface area contributed by atoms with Crippen LogP contribution in [0.15, 0.2) is 0 Å². The van der Waals surface area contributed by atoms with Crippen molar-refractivity contribution in [2.24, 2.45) is 0 Å². The standard InChI is InChI=1S/C14H28N2S/c1-3-15-12-10-13-6-4-7-14(11-12)16(13)8-5-9-17-2/h12-15H,3-11H2,1-2H3. The number of rotatable bonds is 6. The van der Waals surface area contributed by atoms with Crippen LogP contribution in [0, 0.1) is 0 Å². The fraction of sp³-hybridized carbons (Fsp3) is 1.00. The highest BCUT2D eigenvalue weighted by atomic mass is 32.2. The Morgan fingerprint density at radius 2 is 1.94 bits per heavy atom. The van der Waals surface area contributed by atoms with Gasteiger partial charge in [0.15, 0.2) is 0 Å². The number of fused-ring (bicyclic) bond motifs is 2. The van der Waals surface area contributed by atoms with Gasteiger partial charge in [0.2, 0.25) is 0 Å². The third-order valence-corrected chi connectivity index (χ3v) is 5.08. The van der Waals surface area contributed by atoms with Crippen molar-refractivity contribution in [1.29, 1.82) is 0 Å². The summed E-state index contributed by atoms with van der Waals surface area (Å²) in [6.07, 6.45) is 10.7. The van der Waals surface area contributed by atoms with Gasteiger partial charge < -0.3 is 5.32 Å². The third-order valence-electron chi connectivity index (χ3n) is 4.38. The SMILES string of the molecule is CCNC1CC2CCCC(C1)N2CCCSC. The van der Waals surface area contributed by atoms with Gasteiger partial charge in [0.05, 0.1) is 0 Å². The second-order valence-electron chi connectivity index (χ2n) is 5.55. The van der Waals surface area contributed by atoms with E-state index in [-0.39, 0.29) is 0 Å². The smallest absolute Gasteiger partial charge is 0.0113 e. The largest absolute Gasteiger partial charge is 0.314 e. The Bertz CT molecular complexity index is 208. The molecule has 0 spiro atoms. The topological polar surface area (TPSA) is 15.3 Å². The number of hydrogen-bond acceptors (Lipinski definition) is 3. The molecule has 2 saturated heterocycles. The molecule has 2 bridgehead atoms. The van der Waals surface area contributed by atoms with Crippen molar-refractivity contribution in [2.45, 2.75) is 63.6 Å². The minimum Gasteiger partial charge on any atom is -0.314 e. The Hall–Kier alpha value is 0.270. The van der Waals surface area contributed by atoms with Gasteiger partial charge in [0, 0.05) is 18.1 Å². The summed E-state index contributed by atoms with van der Waals surface area (Å²) in [5, 5.41) is 3.67. The molecule has 0 saturated carbocycles. The highest BCUT2D eigenvalue weighted by molar-refractivity contribution is 7.98. The molecule has 2 aliphatic rings. The van der Waals surface area contributed by atoms with Crippen LogP contribution in [0.2, 0.25) is 0 Å². The van der Waals surface area contributed by atoms with Crippen LogP contribution in [0.3, 0.4) is 0 Å². The molecule has 2 aliphatic heterocycles. The van der Waals surface area contributed by atoms with E-state index in [1.807, 2.05) is 11.8 Å². The molecule has 2 fully saturated rings. The second-order valence-corrected chi connectivity index (χ2v) is 6.53. The summed E-state index contributed by atoms with van der Waals surface area (Å²) in [5.74, 6) is 1.33. The number of thioether (sulfide) groups is 1. The fourth-order valence-electron chi connectivity index (χ4n) is 3.69. The van der Waals surface area contributed by atoms with Crippen molar-refractivity contribution < 1.29 is 0 Å². The summed E-state index contributed by atoms with van der Waals surface area (Å²) in [6, 6.07) is 2.56. The van der Waals surface area contributed by atoms with Gasteiger partial charge in [-0.3, -0.25) is 4.90 Å². The van der Waals surface area contributed by atoms with E-state index in [0.717, 1.165) is 24.7 Å². The zero-order chi connectivity index (χ0) is 12.1. The Kier molecular flexibility index (Phi) is 5.64. The van der Waals surface area contributed by atoms with E-state index in [1.165, 1.54) is 50.8 Å². The second kappa shape index (κ2) is 7.01. The molecule has 1 N–H and O–H groups in total. The van der Waals surface area contributed by atoms with Crippen LogP contribution in [0.25, 0.3) is 0 Å². The molecule has 0 amide bonds. The molecule has 2 unspecified atom stereocenters. The summed E-state index contributed by atoms with van der Waals surface area (Å²) in [4.78, 5) is 2.84. The molecular formula is C14H28N2S. The predicted molar refractivity (Wildman–Crippen MR) is 77.8 cm³/mol. The van der Waals surface area contributed by atoms with E-state index in [1.54, 1.807) is 0 Å². The zero-order valence-electron chi connectivity index (χ0n) is 11.5. The molecule has 3 heteroatoms. The normalized spacial score (nSPS) is 33.9. The lowest BCUT2D eigenvalue weighted by molar-refractivity contribution is 0.0254. The fourth-order valence-corrected chi connectivity index (χ4v) is 4.11. The van der Waals surface area contributed by atoms with Gasteiger partial charge in [-0.2, -0.15) is 11.8 Å². The Morgan fingerprint density at radius 3 is 2.53 bits per heavy atom. The quantitative estimate of drug-likeness (QED) is 0.736. The van der Waals surface area contributed by atoms with Crippen molar-refractivity contribution in [2.75, 3.05) is 25.1 Å². The molecule has 17 heavy (non-hydrogen) atoms. The molecule has 2 rings (SSSR count). The first-order valence-corrected chi connectivity index (χ1v) is 8.72. The Balaban J connectivity index is 1.86. The van der Waals surface area contributed by atoms with E-state index in [4.69, 9.17) is 0 Å². The molecule has 2 heterocycles. The summed E-state index contributed by atoms with van der Waals surface area (Å²) in [7, 11) is 0. The first-order chi connectivity index (χ1) is 8.35. The molecule has 0 aromatic carbocycles. The molecule has 0 radical (unpaired) electrons. The van der Waals surface area contributed by atoms with E-state index < -0.39 is 0 Å². The molecule has 0 aliphatic carbocycles. The summed E-state index contributed by atoms with van der Waals surface area (Å²) < 4.78 is 0. The average molecular weight is 256 g/mol. The zero-order valence-corrected chi connectivity index (χ0v) is 12.3. The average Bonchev–Trinajstić information content (AvgIpc) is 2.30. The molecule has 2 atom stereocenters. The van der Waals surface area contributed by atoms with Crippen LogP contribution < -0.4 is 5.32 Å². The van der Waals surface area contributed by atoms with Gasteiger partial charge in [-0.15, -0.1) is 0 Å². The predicted octanol–water partition coefficient (Wildman–Crippen LogP) is 2.73. The van der Waals surface area contributed by atoms with Crippen LogP contribution in [0.1, 0.15) is 45.4 Å². The minimum atomic E-state index is 0.798. The third kappa shape index (κ3) is 3.62. The number of piperidine rings is 2. The lowest BCUT2D eigenvalue weighted by Gasteiger charge is -2.49. The van der Waals surface area contributed by atoms with Crippen LogP contribution in [0.4, 0.5) is 0 Å².